The normalized spacial score (nSPS) is 12.3. The molecular formula is C23H20FNS2. The Balaban J connectivity index is 1.86. The number of hydrogen-bond acceptors (Lipinski definition) is 3. The van der Waals surface area contributed by atoms with Gasteiger partial charge in [0, 0.05) is 9.79 Å². The number of hydrogen-bond donors (Lipinski definition) is 0. The second kappa shape index (κ2) is 9.58. The zero-order valence-electron chi connectivity index (χ0n) is 15.2. The number of benzene rings is 3. The second-order valence-electron chi connectivity index (χ2n) is 6.04. The van der Waals surface area contributed by atoms with Gasteiger partial charge in [-0.3, -0.25) is 0 Å². The van der Waals surface area contributed by atoms with E-state index in [9.17, 15) is 4.39 Å². The molecule has 0 atom stereocenters. The minimum Gasteiger partial charge on any atom is -0.241 e. The largest absolute Gasteiger partial charge is 0.241 e. The van der Waals surface area contributed by atoms with E-state index in [2.05, 4.69) is 43.5 Å². The summed E-state index contributed by atoms with van der Waals surface area (Å²) in [7, 11) is 0. The summed E-state index contributed by atoms with van der Waals surface area (Å²) in [6.07, 6.45) is 0. The van der Waals surface area contributed by atoms with Crippen molar-refractivity contribution in [1.82, 2.24) is 0 Å². The smallest absolute Gasteiger partial charge is 0.123 e. The topological polar surface area (TPSA) is 12.4 Å². The highest BCUT2D eigenvalue weighted by Crippen LogP contribution is 2.29. The van der Waals surface area contributed by atoms with Gasteiger partial charge in [0.1, 0.15) is 10.9 Å². The standard InChI is InChI=1S/C23H20FNS2/c1-17-8-12-20(13-9-17)25-23(27-22-6-4-3-5-7-22)18(2)16-26-21-14-10-19(24)11-15-21/h3-16H,1-2H3/b18-16+,25-23?. The van der Waals surface area contributed by atoms with Gasteiger partial charge >= 0.3 is 0 Å². The SMILES string of the molecule is C/C(=C\Sc1ccc(F)cc1)C(=Nc1ccc(C)cc1)Sc1ccccc1. The van der Waals surface area contributed by atoms with Crippen LogP contribution in [0.25, 0.3) is 0 Å². The molecule has 4 heteroatoms. The van der Waals surface area contributed by atoms with Crippen LogP contribution in [-0.2, 0) is 0 Å². The van der Waals surface area contributed by atoms with E-state index < -0.39 is 0 Å². The molecule has 0 radical (unpaired) electrons. The van der Waals surface area contributed by atoms with Crippen molar-refractivity contribution in [2.45, 2.75) is 23.6 Å². The van der Waals surface area contributed by atoms with Gasteiger partial charge in [-0.15, -0.1) is 0 Å². The molecule has 3 aromatic carbocycles. The van der Waals surface area contributed by atoms with E-state index in [4.69, 9.17) is 4.99 Å². The Kier molecular flexibility index (Phi) is 6.91. The fourth-order valence-electron chi connectivity index (χ4n) is 2.25. The van der Waals surface area contributed by atoms with E-state index in [1.807, 2.05) is 30.3 Å². The summed E-state index contributed by atoms with van der Waals surface area (Å²) in [5, 5.41) is 3.01. The lowest BCUT2D eigenvalue weighted by atomic mass is 10.2. The molecule has 27 heavy (non-hydrogen) atoms. The highest BCUT2D eigenvalue weighted by Gasteiger charge is 2.07. The number of aliphatic imine (C=N–C) groups is 1. The molecule has 0 aliphatic carbocycles. The maximum absolute atomic E-state index is 13.1. The molecule has 0 amide bonds. The van der Waals surface area contributed by atoms with Gasteiger partial charge in [0.2, 0.25) is 0 Å². The quantitative estimate of drug-likeness (QED) is 0.251. The molecule has 3 rings (SSSR count). The molecule has 0 saturated carbocycles. The lowest BCUT2D eigenvalue weighted by Gasteiger charge is -2.08. The van der Waals surface area contributed by atoms with Gasteiger partial charge in [0.25, 0.3) is 0 Å². The van der Waals surface area contributed by atoms with Crippen LogP contribution in [0.4, 0.5) is 10.1 Å². The van der Waals surface area contributed by atoms with Crippen LogP contribution in [0.2, 0.25) is 0 Å². The first-order valence-corrected chi connectivity index (χ1v) is 10.3. The van der Waals surface area contributed by atoms with Crippen LogP contribution in [-0.4, -0.2) is 5.04 Å². The highest BCUT2D eigenvalue weighted by molar-refractivity contribution is 8.14. The average Bonchev–Trinajstić information content (AvgIpc) is 2.69. The van der Waals surface area contributed by atoms with Gasteiger partial charge in [-0.2, -0.15) is 0 Å². The number of thioether (sulfide) groups is 2. The molecule has 0 aliphatic rings. The summed E-state index contributed by atoms with van der Waals surface area (Å²) in [5.74, 6) is -0.221. The zero-order chi connectivity index (χ0) is 19.1. The maximum Gasteiger partial charge on any atom is 0.123 e. The van der Waals surface area contributed by atoms with Crippen molar-refractivity contribution in [3.05, 3.63) is 101 Å². The molecule has 0 heterocycles. The molecular weight excluding hydrogens is 373 g/mol. The molecule has 0 saturated heterocycles. The molecule has 0 unspecified atom stereocenters. The minimum atomic E-state index is -0.221. The van der Waals surface area contributed by atoms with E-state index in [0.717, 1.165) is 26.1 Å². The van der Waals surface area contributed by atoms with Gasteiger partial charge in [-0.05, 0) is 73.4 Å². The molecule has 136 valence electrons. The van der Waals surface area contributed by atoms with Crippen LogP contribution in [0, 0.1) is 12.7 Å². The number of aryl methyl sites for hydroxylation is 1. The van der Waals surface area contributed by atoms with E-state index >= 15 is 0 Å². The first-order valence-electron chi connectivity index (χ1n) is 8.58. The monoisotopic (exact) mass is 393 g/mol. The van der Waals surface area contributed by atoms with E-state index in [-0.39, 0.29) is 5.82 Å². The van der Waals surface area contributed by atoms with Crippen molar-refractivity contribution in [3.63, 3.8) is 0 Å². The summed E-state index contributed by atoms with van der Waals surface area (Å²) >= 11 is 3.21. The highest BCUT2D eigenvalue weighted by atomic mass is 32.2. The summed E-state index contributed by atoms with van der Waals surface area (Å²) in [4.78, 5) is 7.00. The Morgan fingerprint density at radius 3 is 2.19 bits per heavy atom. The number of nitrogens with zero attached hydrogens (tertiary/aromatic N) is 1. The lowest BCUT2D eigenvalue weighted by molar-refractivity contribution is 0.626. The van der Waals surface area contributed by atoms with Gasteiger partial charge < -0.3 is 0 Å². The Morgan fingerprint density at radius 1 is 0.852 bits per heavy atom. The fourth-order valence-corrected chi connectivity index (χ4v) is 3.93. The third kappa shape index (κ3) is 6.12. The molecule has 0 spiro atoms. The van der Waals surface area contributed by atoms with E-state index in [1.54, 1.807) is 35.7 Å². The number of halogens is 1. The van der Waals surface area contributed by atoms with Crippen molar-refractivity contribution in [1.29, 1.82) is 0 Å². The van der Waals surface area contributed by atoms with Crippen LogP contribution in [0.5, 0.6) is 0 Å². The Morgan fingerprint density at radius 2 is 1.52 bits per heavy atom. The van der Waals surface area contributed by atoms with Crippen LogP contribution in [0.15, 0.2) is 105 Å². The first kappa shape index (κ1) is 19.5. The van der Waals surface area contributed by atoms with Crippen LogP contribution in [0.1, 0.15) is 12.5 Å². The van der Waals surface area contributed by atoms with Crippen molar-refractivity contribution in [2.75, 3.05) is 0 Å². The fraction of sp³-hybridized carbons (Fsp3) is 0.0870. The molecule has 0 aromatic heterocycles. The lowest BCUT2D eigenvalue weighted by Crippen LogP contribution is -1.94. The van der Waals surface area contributed by atoms with Crippen LogP contribution >= 0.6 is 23.5 Å². The van der Waals surface area contributed by atoms with Gasteiger partial charge in [0.05, 0.1) is 5.69 Å². The predicted octanol–water partition coefficient (Wildman–Crippen LogP) is 7.65. The van der Waals surface area contributed by atoms with Crippen LogP contribution in [0.3, 0.4) is 0 Å². The zero-order valence-corrected chi connectivity index (χ0v) is 16.9. The van der Waals surface area contributed by atoms with Crippen molar-refractivity contribution in [2.24, 2.45) is 4.99 Å². The predicted molar refractivity (Wildman–Crippen MR) is 117 cm³/mol. The molecule has 0 fully saturated rings. The van der Waals surface area contributed by atoms with Gasteiger partial charge in [0.15, 0.2) is 0 Å². The third-order valence-electron chi connectivity index (χ3n) is 3.75. The Bertz CT molecular complexity index is 930. The molecule has 3 aromatic rings. The van der Waals surface area contributed by atoms with Crippen LogP contribution < -0.4 is 0 Å². The number of rotatable bonds is 5. The summed E-state index contributed by atoms with van der Waals surface area (Å²) < 4.78 is 13.1. The summed E-state index contributed by atoms with van der Waals surface area (Å²) in [6, 6.07) is 24.9. The van der Waals surface area contributed by atoms with E-state index in [1.165, 1.54) is 17.7 Å². The van der Waals surface area contributed by atoms with Crippen molar-refractivity contribution in [3.8, 4) is 0 Å². The Hall–Kier alpha value is -2.30. The average molecular weight is 394 g/mol. The first-order chi connectivity index (χ1) is 13.1. The molecule has 1 nitrogen and oxygen atoms in total. The third-order valence-corrected chi connectivity index (χ3v) is 5.88. The molecule has 0 bridgehead atoms. The summed E-state index contributed by atoms with van der Waals surface area (Å²) in [5.41, 5.74) is 3.21. The second-order valence-corrected chi connectivity index (χ2v) is 8.05. The van der Waals surface area contributed by atoms with Gasteiger partial charge in [-0.25, -0.2) is 9.38 Å². The Labute approximate surface area is 168 Å². The van der Waals surface area contributed by atoms with Crippen molar-refractivity contribution >= 4 is 34.3 Å². The molecule has 0 N–H and O–H groups in total. The molecule has 0 aliphatic heterocycles. The van der Waals surface area contributed by atoms with E-state index in [0.29, 0.717) is 0 Å². The van der Waals surface area contributed by atoms with Gasteiger partial charge in [-0.1, -0.05) is 59.4 Å². The minimum absolute atomic E-state index is 0.221. The summed E-state index contributed by atoms with van der Waals surface area (Å²) in [6.45, 7) is 4.12. The van der Waals surface area contributed by atoms with Crippen molar-refractivity contribution < 1.29 is 4.39 Å². The maximum atomic E-state index is 13.1.